The van der Waals surface area contributed by atoms with Crippen molar-refractivity contribution in [2.75, 3.05) is 5.32 Å². The topological polar surface area (TPSA) is 29.1 Å². The van der Waals surface area contributed by atoms with Gasteiger partial charge in [0.2, 0.25) is 5.91 Å². The zero-order valence-corrected chi connectivity index (χ0v) is 9.47. The van der Waals surface area contributed by atoms with E-state index in [9.17, 15) is 4.79 Å². The lowest BCUT2D eigenvalue weighted by atomic mass is 9.85. The minimum absolute atomic E-state index is 0.131. The van der Waals surface area contributed by atoms with Crippen molar-refractivity contribution < 1.29 is 4.79 Å². The Bertz CT molecular complexity index is 385. The van der Waals surface area contributed by atoms with E-state index >= 15 is 0 Å². The highest BCUT2D eigenvalue weighted by Gasteiger charge is 2.25. The highest BCUT2D eigenvalue weighted by atomic mass is 35.5. The lowest BCUT2D eigenvalue weighted by molar-refractivity contribution is -0.122. The first kappa shape index (κ1) is 10.5. The van der Waals surface area contributed by atoms with E-state index in [-0.39, 0.29) is 11.8 Å². The van der Waals surface area contributed by atoms with E-state index in [0.717, 1.165) is 24.1 Å². The molecule has 1 amide bonds. The zero-order valence-electron chi connectivity index (χ0n) is 8.72. The van der Waals surface area contributed by atoms with E-state index in [1.165, 1.54) is 6.42 Å². The minimum Gasteiger partial charge on any atom is -0.326 e. The fourth-order valence-corrected chi connectivity index (χ4v) is 1.81. The minimum atomic E-state index is 0.131. The average Bonchev–Trinajstić information content (AvgIpc) is 2.08. The maximum Gasteiger partial charge on any atom is 0.227 e. The molecule has 80 valence electrons. The summed E-state index contributed by atoms with van der Waals surface area (Å²) in [6.45, 7) is 1.96. The molecular weight excluding hydrogens is 210 g/mol. The van der Waals surface area contributed by atoms with Gasteiger partial charge < -0.3 is 5.32 Å². The highest BCUT2D eigenvalue weighted by Crippen LogP contribution is 2.28. The molecule has 2 rings (SSSR count). The van der Waals surface area contributed by atoms with Crippen LogP contribution in [-0.4, -0.2) is 5.91 Å². The number of anilines is 1. The lowest BCUT2D eigenvalue weighted by Crippen LogP contribution is -2.28. The van der Waals surface area contributed by atoms with Gasteiger partial charge in [-0.25, -0.2) is 0 Å². The maximum atomic E-state index is 11.7. The van der Waals surface area contributed by atoms with Crippen molar-refractivity contribution in [2.45, 2.75) is 26.2 Å². The Labute approximate surface area is 94.6 Å². The van der Waals surface area contributed by atoms with Crippen LogP contribution < -0.4 is 5.32 Å². The van der Waals surface area contributed by atoms with Gasteiger partial charge in [-0.3, -0.25) is 4.79 Å². The Balaban J connectivity index is 2.09. The van der Waals surface area contributed by atoms with Gasteiger partial charge in [-0.05, 0) is 37.5 Å². The number of amides is 1. The number of aryl methyl sites for hydroxylation is 1. The van der Waals surface area contributed by atoms with E-state index in [0.29, 0.717) is 5.02 Å². The van der Waals surface area contributed by atoms with Gasteiger partial charge in [-0.1, -0.05) is 24.1 Å². The third kappa shape index (κ3) is 2.32. The molecule has 0 radical (unpaired) electrons. The molecule has 1 N–H and O–H groups in total. The zero-order chi connectivity index (χ0) is 10.8. The molecule has 3 heteroatoms. The molecule has 0 aromatic heterocycles. The van der Waals surface area contributed by atoms with Gasteiger partial charge in [0.1, 0.15) is 0 Å². The van der Waals surface area contributed by atoms with Crippen LogP contribution in [0, 0.1) is 12.8 Å². The monoisotopic (exact) mass is 223 g/mol. The molecular formula is C12H14ClNO. The van der Waals surface area contributed by atoms with Gasteiger partial charge in [0, 0.05) is 16.6 Å². The second-order valence-electron chi connectivity index (χ2n) is 4.08. The summed E-state index contributed by atoms with van der Waals surface area (Å²) in [5.74, 6) is 0.343. The number of carbonyl (C=O) groups is 1. The first-order valence-corrected chi connectivity index (χ1v) is 5.61. The third-order valence-corrected chi connectivity index (χ3v) is 3.17. The molecule has 0 unspecified atom stereocenters. The van der Waals surface area contributed by atoms with E-state index in [1.54, 1.807) is 6.07 Å². The molecule has 0 saturated heterocycles. The summed E-state index contributed by atoms with van der Waals surface area (Å²) in [6, 6.07) is 5.54. The fraction of sp³-hybridized carbons (Fsp3) is 0.417. The highest BCUT2D eigenvalue weighted by molar-refractivity contribution is 6.31. The molecule has 1 fully saturated rings. The summed E-state index contributed by atoms with van der Waals surface area (Å²) in [4.78, 5) is 11.7. The summed E-state index contributed by atoms with van der Waals surface area (Å²) >= 11 is 5.88. The molecule has 2 nitrogen and oxygen atoms in total. The molecule has 1 aliphatic carbocycles. The second kappa shape index (κ2) is 4.23. The first-order valence-electron chi connectivity index (χ1n) is 5.24. The molecule has 1 aliphatic rings. The van der Waals surface area contributed by atoms with Gasteiger partial charge in [0.15, 0.2) is 0 Å². The van der Waals surface area contributed by atoms with Crippen molar-refractivity contribution in [1.82, 2.24) is 0 Å². The number of rotatable bonds is 2. The molecule has 0 heterocycles. The summed E-state index contributed by atoms with van der Waals surface area (Å²) in [5, 5.41) is 3.59. The lowest BCUT2D eigenvalue weighted by Gasteiger charge is -2.24. The van der Waals surface area contributed by atoms with Crippen molar-refractivity contribution in [2.24, 2.45) is 5.92 Å². The van der Waals surface area contributed by atoms with Crippen LogP contribution in [0.5, 0.6) is 0 Å². The predicted octanol–water partition coefficient (Wildman–Crippen LogP) is 3.39. The molecule has 15 heavy (non-hydrogen) atoms. The average molecular weight is 224 g/mol. The van der Waals surface area contributed by atoms with Crippen LogP contribution in [-0.2, 0) is 4.79 Å². The molecule has 0 spiro atoms. The number of carbonyl (C=O) groups excluding carboxylic acids is 1. The van der Waals surface area contributed by atoms with Crippen LogP contribution in [0.25, 0.3) is 0 Å². The molecule has 1 aromatic rings. The van der Waals surface area contributed by atoms with E-state index in [2.05, 4.69) is 5.32 Å². The van der Waals surface area contributed by atoms with Crippen molar-refractivity contribution in [3.05, 3.63) is 28.8 Å². The van der Waals surface area contributed by atoms with E-state index < -0.39 is 0 Å². The first-order chi connectivity index (χ1) is 7.16. The summed E-state index contributed by atoms with van der Waals surface area (Å²) in [5.41, 5.74) is 1.88. The smallest absolute Gasteiger partial charge is 0.227 e. The molecule has 0 atom stereocenters. The number of hydrogen-bond acceptors (Lipinski definition) is 1. The Morgan fingerprint density at radius 1 is 1.47 bits per heavy atom. The van der Waals surface area contributed by atoms with Gasteiger partial charge in [-0.15, -0.1) is 0 Å². The molecule has 1 aromatic carbocycles. The standard InChI is InChI=1S/C12H14ClNO/c1-8-5-6-10(13)7-11(8)14-12(15)9-3-2-4-9/h5-7,9H,2-4H2,1H3,(H,14,15). The van der Waals surface area contributed by atoms with Crippen molar-refractivity contribution >= 4 is 23.2 Å². The second-order valence-corrected chi connectivity index (χ2v) is 4.51. The normalized spacial score (nSPS) is 15.9. The number of nitrogens with one attached hydrogen (secondary N) is 1. The fourth-order valence-electron chi connectivity index (χ4n) is 1.63. The Morgan fingerprint density at radius 2 is 2.20 bits per heavy atom. The number of halogens is 1. The van der Waals surface area contributed by atoms with Crippen LogP contribution in [0.3, 0.4) is 0 Å². The maximum absolute atomic E-state index is 11.7. The van der Waals surface area contributed by atoms with Gasteiger partial charge in [-0.2, -0.15) is 0 Å². The number of hydrogen-bond donors (Lipinski definition) is 1. The number of benzene rings is 1. The van der Waals surface area contributed by atoms with Crippen LogP contribution >= 0.6 is 11.6 Å². The quantitative estimate of drug-likeness (QED) is 0.818. The Morgan fingerprint density at radius 3 is 2.80 bits per heavy atom. The van der Waals surface area contributed by atoms with Crippen molar-refractivity contribution in [1.29, 1.82) is 0 Å². The third-order valence-electron chi connectivity index (χ3n) is 2.93. The Kier molecular flexibility index (Phi) is 2.96. The largest absolute Gasteiger partial charge is 0.326 e. The molecule has 0 aliphatic heterocycles. The molecule has 0 bridgehead atoms. The van der Waals surface area contributed by atoms with Crippen LogP contribution in [0.2, 0.25) is 5.02 Å². The van der Waals surface area contributed by atoms with E-state index in [1.807, 2.05) is 19.1 Å². The summed E-state index contributed by atoms with van der Waals surface area (Å²) in [7, 11) is 0. The van der Waals surface area contributed by atoms with Crippen LogP contribution in [0.4, 0.5) is 5.69 Å². The van der Waals surface area contributed by atoms with Gasteiger partial charge >= 0.3 is 0 Å². The van der Waals surface area contributed by atoms with Gasteiger partial charge in [0.05, 0.1) is 0 Å². The van der Waals surface area contributed by atoms with Crippen molar-refractivity contribution in [3.8, 4) is 0 Å². The van der Waals surface area contributed by atoms with Crippen LogP contribution in [0.15, 0.2) is 18.2 Å². The summed E-state index contributed by atoms with van der Waals surface area (Å²) < 4.78 is 0. The molecule has 1 saturated carbocycles. The van der Waals surface area contributed by atoms with Crippen molar-refractivity contribution in [3.63, 3.8) is 0 Å². The Hall–Kier alpha value is -1.02. The SMILES string of the molecule is Cc1ccc(Cl)cc1NC(=O)C1CCC1. The predicted molar refractivity (Wildman–Crippen MR) is 62.2 cm³/mol. The van der Waals surface area contributed by atoms with Crippen LogP contribution in [0.1, 0.15) is 24.8 Å². The van der Waals surface area contributed by atoms with Gasteiger partial charge in [0.25, 0.3) is 0 Å². The van der Waals surface area contributed by atoms with E-state index in [4.69, 9.17) is 11.6 Å². The summed E-state index contributed by atoms with van der Waals surface area (Å²) in [6.07, 6.45) is 3.21.